The summed E-state index contributed by atoms with van der Waals surface area (Å²) in [6.07, 6.45) is 0. The quantitative estimate of drug-likeness (QED) is 0.469. The van der Waals surface area contributed by atoms with E-state index in [1.807, 2.05) is 68.4 Å². The molecule has 0 spiro atoms. The van der Waals surface area contributed by atoms with Crippen LogP contribution in [0, 0.1) is 20.8 Å². The van der Waals surface area contributed by atoms with Crippen molar-refractivity contribution in [1.82, 2.24) is 9.62 Å². The van der Waals surface area contributed by atoms with Gasteiger partial charge in [0.05, 0.1) is 17.5 Å². The molecule has 0 heterocycles. The van der Waals surface area contributed by atoms with Crippen molar-refractivity contribution in [2.45, 2.75) is 45.2 Å². The van der Waals surface area contributed by atoms with Gasteiger partial charge in [-0.3, -0.25) is 4.79 Å². The SMILES string of the molecule is Cc1cc(C)c(S(=O)(=O)N(CC(=O)N[C@H](C)c2ccc(Cl)cc2)Cc2ccccc2)c(C)c1. The summed E-state index contributed by atoms with van der Waals surface area (Å²) in [5.41, 5.74) is 4.02. The van der Waals surface area contributed by atoms with Gasteiger partial charge < -0.3 is 5.32 Å². The van der Waals surface area contributed by atoms with Gasteiger partial charge in [-0.25, -0.2) is 8.42 Å². The third-order valence-corrected chi connectivity index (χ3v) is 7.82. The van der Waals surface area contributed by atoms with Crippen LogP contribution in [0.2, 0.25) is 5.02 Å². The number of hydrogen-bond donors (Lipinski definition) is 1. The van der Waals surface area contributed by atoms with Gasteiger partial charge >= 0.3 is 0 Å². The van der Waals surface area contributed by atoms with Crippen molar-refractivity contribution in [3.8, 4) is 0 Å². The number of aryl methyl sites for hydroxylation is 3. The summed E-state index contributed by atoms with van der Waals surface area (Å²) in [5.74, 6) is -0.376. The van der Waals surface area contributed by atoms with Gasteiger partial charge in [-0.1, -0.05) is 71.8 Å². The molecule has 0 saturated carbocycles. The summed E-state index contributed by atoms with van der Waals surface area (Å²) in [7, 11) is -3.92. The molecule has 0 aromatic heterocycles. The lowest BCUT2D eigenvalue weighted by Crippen LogP contribution is -2.41. The molecule has 0 aliphatic carbocycles. The van der Waals surface area contributed by atoms with Gasteiger partial charge in [0.25, 0.3) is 0 Å². The maximum Gasteiger partial charge on any atom is 0.244 e. The maximum absolute atomic E-state index is 13.7. The zero-order valence-corrected chi connectivity index (χ0v) is 20.9. The standard InChI is InChI=1S/C26H29ClN2O3S/c1-18-14-19(2)26(20(3)15-18)33(31,32)29(16-22-8-6-5-7-9-22)17-25(30)28-21(4)23-10-12-24(27)13-11-23/h5-15,21H,16-17H2,1-4H3,(H,28,30)/t21-/m1/s1. The van der Waals surface area contributed by atoms with Crippen molar-refractivity contribution in [2.24, 2.45) is 0 Å². The van der Waals surface area contributed by atoms with E-state index >= 15 is 0 Å². The highest BCUT2D eigenvalue weighted by Gasteiger charge is 2.30. The van der Waals surface area contributed by atoms with Crippen LogP contribution in [-0.4, -0.2) is 25.2 Å². The van der Waals surface area contributed by atoms with Crippen LogP contribution in [0.4, 0.5) is 0 Å². The Morgan fingerprint density at radius 1 is 0.970 bits per heavy atom. The maximum atomic E-state index is 13.7. The lowest BCUT2D eigenvalue weighted by molar-refractivity contribution is -0.122. The van der Waals surface area contributed by atoms with Crippen molar-refractivity contribution in [2.75, 3.05) is 6.54 Å². The summed E-state index contributed by atoms with van der Waals surface area (Å²) in [5, 5.41) is 3.52. The van der Waals surface area contributed by atoms with E-state index in [1.165, 1.54) is 4.31 Å². The molecular formula is C26H29ClN2O3S. The number of benzene rings is 3. The second-order valence-corrected chi connectivity index (χ2v) is 10.6. The lowest BCUT2D eigenvalue weighted by atomic mass is 10.1. The predicted octanol–water partition coefficient (Wildman–Crippen LogP) is 5.33. The minimum absolute atomic E-state index is 0.0959. The first kappa shape index (κ1) is 25.0. The fraction of sp³-hybridized carbons (Fsp3) is 0.269. The van der Waals surface area contributed by atoms with Gasteiger partial charge in [0.2, 0.25) is 15.9 Å². The third-order valence-electron chi connectivity index (χ3n) is 5.47. The number of carbonyl (C=O) groups excluding carboxylic acids is 1. The summed E-state index contributed by atoms with van der Waals surface area (Å²) in [6, 6.07) is 19.9. The Kier molecular flexibility index (Phi) is 7.95. The summed E-state index contributed by atoms with van der Waals surface area (Å²) >= 11 is 5.95. The molecule has 0 radical (unpaired) electrons. The Labute approximate surface area is 201 Å². The van der Waals surface area contributed by atoms with Crippen LogP contribution in [-0.2, 0) is 21.4 Å². The molecule has 174 valence electrons. The van der Waals surface area contributed by atoms with Crippen LogP contribution in [0.1, 0.15) is 40.8 Å². The van der Waals surface area contributed by atoms with Gasteiger partial charge in [0.15, 0.2) is 0 Å². The summed E-state index contributed by atoms with van der Waals surface area (Å²) in [4.78, 5) is 13.2. The van der Waals surface area contributed by atoms with Crippen molar-refractivity contribution in [3.63, 3.8) is 0 Å². The highest BCUT2D eigenvalue weighted by Crippen LogP contribution is 2.26. The number of carbonyl (C=O) groups is 1. The van der Waals surface area contributed by atoms with Crippen LogP contribution < -0.4 is 5.32 Å². The first-order chi connectivity index (χ1) is 15.6. The highest BCUT2D eigenvalue weighted by atomic mass is 35.5. The van der Waals surface area contributed by atoms with Crippen molar-refractivity contribution >= 4 is 27.5 Å². The van der Waals surface area contributed by atoms with Gasteiger partial charge in [-0.2, -0.15) is 4.31 Å². The normalized spacial score (nSPS) is 12.5. The molecule has 33 heavy (non-hydrogen) atoms. The molecule has 0 aliphatic rings. The Bertz CT molecular complexity index is 1200. The zero-order chi connectivity index (χ0) is 24.2. The molecule has 3 aromatic rings. The summed E-state index contributed by atoms with van der Waals surface area (Å²) in [6.45, 7) is 7.17. The van der Waals surface area contributed by atoms with Crippen LogP contribution in [0.25, 0.3) is 0 Å². The number of rotatable bonds is 8. The molecule has 0 aliphatic heterocycles. The molecule has 3 aromatic carbocycles. The van der Waals surface area contributed by atoms with Gasteiger partial charge in [-0.15, -0.1) is 0 Å². The van der Waals surface area contributed by atoms with Crippen LogP contribution in [0.15, 0.2) is 71.6 Å². The van der Waals surface area contributed by atoms with E-state index in [2.05, 4.69) is 5.32 Å². The number of amides is 1. The zero-order valence-electron chi connectivity index (χ0n) is 19.3. The van der Waals surface area contributed by atoms with Crippen molar-refractivity contribution in [3.05, 3.63) is 99.6 Å². The largest absolute Gasteiger partial charge is 0.348 e. The molecule has 0 fully saturated rings. The first-order valence-corrected chi connectivity index (χ1v) is 12.6. The van der Waals surface area contributed by atoms with E-state index in [1.54, 1.807) is 26.0 Å². The topological polar surface area (TPSA) is 66.5 Å². The number of nitrogens with zero attached hydrogens (tertiary/aromatic N) is 1. The number of nitrogens with one attached hydrogen (secondary N) is 1. The fourth-order valence-corrected chi connectivity index (χ4v) is 5.92. The molecule has 0 saturated heterocycles. The molecule has 5 nitrogen and oxygen atoms in total. The molecule has 1 N–H and O–H groups in total. The van der Waals surface area contributed by atoms with Crippen LogP contribution in [0.3, 0.4) is 0 Å². The Hall–Kier alpha value is -2.67. The Morgan fingerprint density at radius 2 is 1.55 bits per heavy atom. The minimum atomic E-state index is -3.92. The minimum Gasteiger partial charge on any atom is -0.348 e. The van der Waals surface area contributed by atoms with E-state index in [4.69, 9.17) is 11.6 Å². The second-order valence-electron chi connectivity index (χ2n) is 8.33. The van der Waals surface area contributed by atoms with Crippen molar-refractivity contribution < 1.29 is 13.2 Å². The molecular weight excluding hydrogens is 456 g/mol. The van der Waals surface area contributed by atoms with Gasteiger partial charge in [0.1, 0.15) is 0 Å². The molecule has 1 atom stereocenters. The average molecular weight is 485 g/mol. The first-order valence-electron chi connectivity index (χ1n) is 10.7. The monoisotopic (exact) mass is 484 g/mol. The average Bonchev–Trinajstić information content (AvgIpc) is 2.73. The Morgan fingerprint density at radius 3 is 2.12 bits per heavy atom. The van der Waals surface area contributed by atoms with E-state index in [-0.39, 0.29) is 29.9 Å². The molecule has 1 amide bonds. The van der Waals surface area contributed by atoms with Crippen LogP contribution >= 0.6 is 11.6 Å². The Balaban J connectivity index is 1.90. The molecule has 3 rings (SSSR count). The van der Waals surface area contributed by atoms with Gasteiger partial charge in [0, 0.05) is 11.6 Å². The summed E-state index contributed by atoms with van der Waals surface area (Å²) < 4.78 is 28.7. The van der Waals surface area contributed by atoms with Crippen molar-refractivity contribution in [1.29, 1.82) is 0 Å². The third kappa shape index (κ3) is 6.22. The van der Waals surface area contributed by atoms with E-state index in [0.717, 1.165) is 16.7 Å². The predicted molar refractivity (Wildman–Crippen MR) is 133 cm³/mol. The molecule has 0 bridgehead atoms. The van der Waals surface area contributed by atoms with E-state index < -0.39 is 10.0 Å². The number of sulfonamides is 1. The second kappa shape index (κ2) is 10.5. The number of halogens is 1. The molecule has 7 heteroatoms. The van der Waals surface area contributed by atoms with Gasteiger partial charge in [-0.05, 0) is 62.1 Å². The molecule has 0 unspecified atom stereocenters. The number of hydrogen-bond acceptors (Lipinski definition) is 3. The highest BCUT2D eigenvalue weighted by molar-refractivity contribution is 7.89. The van der Waals surface area contributed by atoms with Crippen LogP contribution in [0.5, 0.6) is 0 Å². The fourth-order valence-electron chi connectivity index (χ4n) is 4.00. The van der Waals surface area contributed by atoms with E-state index in [0.29, 0.717) is 16.1 Å². The van der Waals surface area contributed by atoms with E-state index in [9.17, 15) is 13.2 Å². The smallest absolute Gasteiger partial charge is 0.244 e. The lowest BCUT2D eigenvalue weighted by Gasteiger charge is -2.25.